The molecule has 0 N–H and O–H groups in total. The van der Waals surface area contributed by atoms with Crippen LogP contribution in [-0.4, -0.2) is 19.1 Å². The van der Waals surface area contributed by atoms with Crippen LogP contribution in [0.1, 0.15) is 0 Å². The van der Waals surface area contributed by atoms with E-state index in [4.69, 9.17) is 9.72 Å². The standard InChI is InChI=1S/C40H26N4O/c1-2-12-28(13-3-1)43-37-20-5-4-17-32(37)34-25-35-33-18-10-22-42-40(33)44(39(35)26-38(34)43)29-14-9-16-31(24-29)45-30-15-8-11-27(23-30)36-19-6-7-21-41-36/h1-26H. The molecule has 0 saturated carbocycles. The number of hydrogen-bond acceptors (Lipinski definition) is 3. The van der Waals surface area contributed by atoms with E-state index < -0.39 is 0 Å². The predicted molar refractivity (Wildman–Crippen MR) is 183 cm³/mol. The van der Waals surface area contributed by atoms with Gasteiger partial charge in [-0.15, -0.1) is 0 Å². The van der Waals surface area contributed by atoms with Crippen LogP contribution in [0.25, 0.3) is 66.4 Å². The first-order valence-electron chi connectivity index (χ1n) is 15.0. The largest absolute Gasteiger partial charge is 0.457 e. The van der Waals surface area contributed by atoms with Crippen LogP contribution in [0.5, 0.6) is 11.5 Å². The summed E-state index contributed by atoms with van der Waals surface area (Å²) in [6.07, 6.45) is 3.67. The summed E-state index contributed by atoms with van der Waals surface area (Å²) < 4.78 is 11.0. The van der Waals surface area contributed by atoms with Gasteiger partial charge in [0.15, 0.2) is 0 Å². The molecule has 0 aliphatic rings. The smallest absolute Gasteiger partial charge is 0.145 e. The molecule has 9 rings (SSSR count). The second kappa shape index (κ2) is 10.2. The summed E-state index contributed by atoms with van der Waals surface area (Å²) in [4.78, 5) is 9.38. The summed E-state index contributed by atoms with van der Waals surface area (Å²) in [5.41, 5.74) is 8.36. The lowest BCUT2D eigenvalue weighted by atomic mass is 10.1. The van der Waals surface area contributed by atoms with E-state index in [0.29, 0.717) is 0 Å². The summed E-state index contributed by atoms with van der Waals surface area (Å²) in [6, 6.07) is 50.2. The molecule has 0 atom stereocenters. The molecule has 0 saturated heterocycles. The third-order valence-electron chi connectivity index (χ3n) is 8.44. The van der Waals surface area contributed by atoms with Gasteiger partial charge in [0.1, 0.15) is 17.1 Å². The molecule has 212 valence electrons. The van der Waals surface area contributed by atoms with Crippen molar-refractivity contribution in [2.24, 2.45) is 0 Å². The Morgan fingerprint density at radius 3 is 2.02 bits per heavy atom. The maximum atomic E-state index is 6.42. The Hall–Kier alpha value is -6.20. The zero-order valence-corrected chi connectivity index (χ0v) is 24.2. The number of benzene rings is 5. The van der Waals surface area contributed by atoms with Gasteiger partial charge in [0.2, 0.25) is 0 Å². The van der Waals surface area contributed by atoms with Crippen LogP contribution in [0.4, 0.5) is 0 Å². The Kier molecular flexibility index (Phi) is 5.74. The number of para-hydroxylation sites is 2. The Balaban J connectivity index is 1.23. The van der Waals surface area contributed by atoms with Gasteiger partial charge in [-0.05, 0) is 78.9 Å². The van der Waals surface area contributed by atoms with Crippen molar-refractivity contribution < 1.29 is 4.74 Å². The summed E-state index contributed by atoms with van der Waals surface area (Å²) >= 11 is 0. The second-order valence-corrected chi connectivity index (χ2v) is 11.1. The van der Waals surface area contributed by atoms with E-state index in [0.717, 1.165) is 61.6 Å². The Labute approximate surface area is 259 Å². The van der Waals surface area contributed by atoms with Gasteiger partial charge >= 0.3 is 0 Å². The second-order valence-electron chi connectivity index (χ2n) is 11.1. The first-order chi connectivity index (χ1) is 22.3. The highest BCUT2D eigenvalue weighted by molar-refractivity contribution is 6.18. The topological polar surface area (TPSA) is 44.9 Å². The number of hydrogen-bond donors (Lipinski definition) is 0. The summed E-state index contributed by atoms with van der Waals surface area (Å²) in [5, 5.41) is 4.72. The lowest BCUT2D eigenvalue weighted by Gasteiger charge is -2.12. The Morgan fingerprint density at radius 1 is 0.422 bits per heavy atom. The number of aromatic nitrogens is 4. The Morgan fingerprint density at radius 2 is 1.13 bits per heavy atom. The highest BCUT2D eigenvalue weighted by Crippen LogP contribution is 2.39. The van der Waals surface area contributed by atoms with Crippen molar-refractivity contribution in [2.45, 2.75) is 0 Å². The molecule has 0 aliphatic heterocycles. The maximum absolute atomic E-state index is 6.42. The molecular weight excluding hydrogens is 552 g/mol. The molecule has 0 radical (unpaired) electrons. The van der Waals surface area contributed by atoms with Crippen LogP contribution in [0, 0.1) is 0 Å². The maximum Gasteiger partial charge on any atom is 0.145 e. The van der Waals surface area contributed by atoms with E-state index in [1.165, 1.54) is 16.3 Å². The SMILES string of the molecule is c1ccc(-n2c3ccccc3c3cc4c5cccnc5n(-c5cccc(Oc6cccc(-c7ccccn7)c6)c5)c4cc32)cc1. The van der Waals surface area contributed by atoms with E-state index in [1.54, 1.807) is 6.20 Å². The lowest BCUT2D eigenvalue weighted by molar-refractivity contribution is 0.482. The fourth-order valence-corrected chi connectivity index (χ4v) is 6.50. The first kappa shape index (κ1) is 25.3. The summed E-state index contributed by atoms with van der Waals surface area (Å²) in [7, 11) is 0. The van der Waals surface area contributed by atoms with E-state index >= 15 is 0 Å². The van der Waals surface area contributed by atoms with Gasteiger partial charge in [0.25, 0.3) is 0 Å². The zero-order chi connectivity index (χ0) is 29.7. The fourth-order valence-electron chi connectivity index (χ4n) is 6.50. The molecule has 4 heterocycles. The van der Waals surface area contributed by atoms with Gasteiger partial charge < -0.3 is 9.30 Å². The number of fused-ring (bicyclic) bond motifs is 6. The van der Waals surface area contributed by atoms with Crippen molar-refractivity contribution >= 4 is 43.7 Å². The minimum atomic E-state index is 0.746. The molecule has 0 aliphatic carbocycles. The minimum absolute atomic E-state index is 0.746. The van der Waals surface area contributed by atoms with Crippen molar-refractivity contribution in [1.29, 1.82) is 0 Å². The monoisotopic (exact) mass is 578 g/mol. The number of pyridine rings is 2. The van der Waals surface area contributed by atoms with Gasteiger partial charge in [-0.25, -0.2) is 4.98 Å². The molecular formula is C40H26N4O. The van der Waals surface area contributed by atoms with Crippen molar-refractivity contribution in [3.05, 3.63) is 158 Å². The molecule has 4 aromatic heterocycles. The van der Waals surface area contributed by atoms with Crippen molar-refractivity contribution in [2.75, 3.05) is 0 Å². The van der Waals surface area contributed by atoms with Gasteiger partial charge in [-0.1, -0.05) is 60.7 Å². The highest BCUT2D eigenvalue weighted by Gasteiger charge is 2.19. The molecule has 0 bridgehead atoms. The van der Waals surface area contributed by atoms with Crippen LogP contribution < -0.4 is 4.74 Å². The van der Waals surface area contributed by atoms with Crippen LogP contribution in [0.3, 0.4) is 0 Å². The van der Waals surface area contributed by atoms with Crippen molar-refractivity contribution in [3.63, 3.8) is 0 Å². The molecule has 0 unspecified atom stereocenters. The third-order valence-corrected chi connectivity index (χ3v) is 8.44. The highest BCUT2D eigenvalue weighted by atomic mass is 16.5. The minimum Gasteiger partial charge on any atom is -0.457 e. The molecule has 0 amide bonds. The van der Waals surface area contributed by atoms with E-state index in [9.17, 15) is 0 Å². The van der Waals surface area contributed by atoms with Crippen LogP contribution in [-0.2, 0) is 0 Å². The lowest BCUT2D eigenvalue weighted by Crippen LogP contribution is -1.97. The van der Waals surface area contributed by atoms with E-state index in [1.807, 2.05) is 66.9 Å². The number of rotatable bonds is 5. The van der Waals surface area contributed by atoms with Crippen molar-refractivity contribution in [3.8, 4) is 34.1 Å². The fraction of sp³-hybridized carbons (Fsp3) is 0. The molecule has 5 nitrogen and oxygen atoms in total. The van der Waals surface area contributed by atoms with E-state index in [2.05, 4.69) is 99.0 Å². The Bertz CT molecular complexity index is 2510. The average molecular weight is 579 g/mol. The normalized spacial score (nSPS) is 11.6. The van der Waals surface area contributed by atoms with E-state index in [-0.39, 0.29) is 0 Å². The van der Waals surface area contributed by atoms with Crippen LogP contribution >= 0.6 is 0 Å². The summed E-state index contributed by atoms with van der Waals surface area (Å²) in [6.45, 7) is 0. The molecule has 0 fully saturated rings. The first-order valence-corrected chi connectivity index (χ1v) is 15.0. The third kappa shape index (κ3) is 4.17. The molecule has 9 aromatic rings. The quantitative estimate of drug-likeness (QED) is 0.204. The predicted octanol–water partition coefficient (Wildman–Crippen LogP) is 10.1. The average Bonchev–Trinajstić information content (AvgIpc) is 3.60. The van der Waals surface area contributed by atoms with Crippen LogP contribution in [0.2, 0.25) is 0 Å². The molecule has 0 spiro atoms. The molecule has 45 heavy (non-hydrogen) atoms. The zero-order valence-electron chi connectivity index (χ0n) is 24.2. The molecule has 5 aromatic carbocycles. The van der Waals surface area contributed by atoms with Gasteiger partial charge in [-0.3, -0.25) is 9.55 Å². The molecule has 5 heteroatoms. The number of ether oxygens (including phenoxy) is 1. The summed E-state index contributed by atoms with van der Waals surface area (Å²) in [5.74, 6) is 1.50. The van der Waals surface area contributed by atoms with Gasteiger partial charge in [0, 0.05) is 51.3 Å². The van der Waals surface area contributed by atoms with Crippen LogP contribution in [0.15, 0.2) is 158 Å². The van der Waals surface area contributed by atoms with Gasteiger partial charge in [-0.2, -0.15) is 0 Å². The van der Waals surface area contributed by atoms with Gasteiger partial charge in [0.05, 0.1) is 27.9 Å². The number of nitrogens with zero attached hydrogens (tertiary/aromatic N) is 4. The van der Waals surface area contributed by atoms with Crippen molar-refractivity contribution in [1.82, 2.24) is 19.1 Å².